The Morgan fingerprint density at radius 3 is 2.08 bits per heavy atom. The Labute approximate surface area is 141 Å². The molecule has 4 unspecified atom stereocenters. The van der Waals surface area contributed by atoms with Crippen molar-refractivity contribution in [1.82, 2.24) is 10.6 Å². The average molecular weight is 365 g/mol. The molecule has 10 heteroatoms. The van der Waals surface area contributed by atoms with Crippen LogP contribution in [0.2, 0.25) is 0 Å². The van der Waals surface area contributed by atoms with Crippen LogP contribution in [0.5, 0.6) is 0 Å². The predicted molar refractivity (Wildman–Crippen MR) is 89.8 cm³/mol. The molecule has 0 saturated heterocycles. The molecule has 2 amide bonds. The molecule has 0 bridgehead atoms. The number of nitrogens with one attached hydrogen (secondary N) is 2. The van der Waals surface area contributed by atoms with Crippen LogP contribution in [0.4, 0.5) is 0 Å². The first kappa shape index (κ1) is 22.6. The van der Waals surface area contributed by atoms with Crippen molar-refractivity contribution in [3.8, 4) is 0 Å². The van der Waals surface area contributed by atoms with Crippen molar-refractivity contribution in [2.45, 2.75) is 51.7 Å². The summed E-state index contributed by atoms with van der Waals surface area (Å²) in [7, 11) is -3.26. The standard InChI is InChI=1S/C14H28N3O6P/c1-8(2)7-11(14(20)21)17-12(18)9(3)16-13(19)10(15)5-6-24(4,22)23/h8-11H,5-7,15H2,1-4H3,(H,16,19)(H,17,18)(H,20,21)(H,22,23). The van der Waals surface area contributed by atoms with E-state index in [0.717, 1.165) is 0 Å². The zero-order valence-corrected chi connectivity index (χ0v) is 15.4. The SMILES string of the molecule is CC(C)CC(NC(=O)C(C)NC(=O)C(N)CCP(C)(=O)O)C(=O)O. The minimum atomic E-state index is -3.26. The summed E-state index contributed by atoms with van der Waals surface area (Å²) in [5.74, 6) is -2.34. The minimum Gasteiger partial charge on any atom is -0.480 e. The molecular weight excluding hydrogens is 337 g/mol. The van der Waals surface area contributed by atoms with Crippen LogP contribution in [0.15, 0.2) is 0 Å². The highest BCUT2D eigenvalue weighted by atomic mass is 31.2. The van der Waals surface area contributed by atoms with Crippen molar-refractivity contribution in [3.05, 3.63) is 0 Å². The summed E-state index contributed by atoms with van der Waals surface area (Å²) in [5, 5.41) is 13.8. The third kappa shape index (κ3) is 9.64. The second-order valence-corrected chi connectivity index (χ2v) is 8.98. The van der Waals surface area contributed by atoms with Gasteiger partial charge in [0, 0.05) is 12.8 Å². The Morgan fingerprint density at radius 1 is 1.12 bits per heavy atom. The molecule has 0 rings (SSSR count). The van der Waals surface area contributed by atoms with E-state index in [9.17, 15) is 23.8 Å². The molecule has 0 aromatic carbocycles. The first-order valence-corrected chi connectivity index (χ1v) is 10.0. The zero-order chi connectivity index (χ0) is 19.1. The molecule has 24 heavy (non-hydrogen) atoms. The van der Waals surface area contributed by atoms with Crippen LogP contribution in [-0.2, 0) is 18.9 Å². The Bertz CT molecular complexity index is 505. The maximum absolute atomic E-state index is 12.0. The van der Waals surface area contributed by atoms with E-state index >= 15 is 0 Å². The van der Waals surface area contributed by atoms with Gasteiger partial charge >= 0.3 is 5.97 Å². The molecule has 0 aliphatic heterocycles. The van der Waals surface area contributed by atoms with E-state index < -0.39 is 43.3 Å². The predicted octanol–water partition coefficient (Wildman–Crippen LogP) is -0.276. The van der Waals surface area contributed by atoms with E-state index in [1.54, 1.807) is 0 Å². The topological polar surface area (TPSA) is 159 Å². The van der Waals surface area contributed by atoms with Gasteiger partial charge in [0.25, 0.3) is 0 Å². The van der Waals surface area contributed by atoms with Crippen molar-refractivity contribution < 1.29 is 28.9 Å². The molecule has 0 aliphatic rings. The molecule has 0 saturated carbocycles. The Morgan fingerprint density at radius 2 is 1.67 bits per heavy atom. The highest BCUT2D eigenvalue weighted by Crippen LogP contribution is 2.35. The number of rotatable bonds is 10. The molecular formula is C14H28N3O6P. The van der Waals surface area contributed by atoms with E-state index in [1.165, 1.54) is 13.6 Å². The number of hydrogen-bond acceptors (Lipinski definition) is 5. The minimum absolute atomic E-state index is 0.00947. The van der Waals surface area contributed by atoms with Gasteiger partial charge in [-0.05, 0) is 25.7 Å². The first-order valence-electron chi connectivity index (χ1n) is 7.72. The largest absolute Gasteiger partial charge is 0.480 e. The molecule has 0 fully saturated rings. The molecule has 140 valence electrons. The summed E-state index contributed by atoms with van der Waals surface area (Å²) in [6.45, 7) is 6.25. The lowest BCUT2D eigenvalue weighted by atomic mass is 10.0. The summed E-state index contributed by atoms with van der Waals surface area (Å²) in [4.78, 5) is 44.2. The monoisotopic (exact) mass is 365 g/mol. The fraction of sp³-hybridized carbons (Fsp3) is 0.786. The summed E-state index contributed by atoms with van der Waals surface area (Å²) >= 11 is 0. The lowest BCUT2D eigenvalue weighted by molar-refractivity contribution is -0.142. The number of carboxylic acid groups (broad SMARTS) is 1. The fourth-order valence-corrected chi connectivity index (χ4v) is 2.64. The summed E-state index contributed by atoms with van der Waals surface area (Å²) < 4.78 is 11.2. The van der Waals surface area contributed by atoms with Crippen LogP contribution >= 0.6 is 7.37 Å². The first-order chi connectivity index (χ1) is 10.8. The van der Waals surface area contributed by atoms with Crippen molar-refractivity contribution in [2.75, 3.05) is 12.8 Å². The van der Waals surface area contributed by atoms with Crippen molar-refractivity contribution in [2.24, 2.45) is 11.7 Å². The number of aliphatic carboxylic acids is 1. The van der Waals surface area contributed by atoms with Crippen LogP contribution in [0, 0.1) is 5.92 Å². The average Bonchev–Trinajstić information content (AvgIpc) is 2.42. The van der Waals surface area contributed by atoms with Crippen LogP contribution < -0.4 is 16.4 Å². The number of carbonyl (C=O) groups excluding carboxylic acids is 2. The van der Waals surface area contributed by atoms with E-state index in [1.807, 2.05) is 13.8 Å². The van der Waals surface area contributed by atoms with Crippen molar-refractivity contribution in [1.29, 1.82) is 0 Å². The third-order valence-electron chi connectivity index (χ3n) is 3.27. The molecule has 0 aromatic heterocycles. The Kier molecular flexibility index (Phi) is 9.17. The van der Waals surface area contributed by atoms with E-state index in [-0.39, 0.29) is 24.9 Å². The van der Waals surface area contributed by atoms with Gasteiger partial charge in [0.1, 0.15) is 12.1 Å². The molecule has 6 N–H and O–H groups in total. The highest BCUT2D eigenvalue weighted by molar-refractivity contribution is 7.57. The van der Waals surface area contributed by atoms with E-state index in [4.69, 9.17) is 10.8 Å². The normalized spacial score (nSPS) is 17.5. The maximum Gasteiger partial charge on any atom is 0.326 e. The van der Waals surface area contributed by atoms with E-state index in [0.29, 0.717) is 0 Å². The van der Waals surface area contributed by atoms with Crippen LogP contribution in [0.1, 0.15) is 33.6 Å². The van der Waals surface area contributed by atoms with Gasteiger partial charge in [-0.1, -0.05) is 13.8 Å². The second kappa shape index (κ2) is 9.76. The Balaban J connectivity index is 4.54. The molecule has 0 heterocycles. The van der Waals surface area contributed by atoms with Crippen molar-refractivity contribution in [3.63, 3.8) is 0 Å². The van der Waals surface area contributed by atoms with Gasteiger partial charge in [0.05, 0.1) is 6.04 Å². The highest BCUT2D eigenvalue weighted by Gasteiger charge is 2.26. The number of amides is 2. The second-order valence-electron chi connectivity index (χ2n) is 6.43. The smallest absolute Gasteiger partial charge is 0.326 e. The molecule has 0 spiro atoms. The summed E-state index contributed by atoms with van der Waals surface area (Å²) in [6, 6.07) is -3.03. The van der Waals surface area contributed by atoms with Gasteiger partial charge < -0.3 is 26.4 Å². The molecule has 0 aliphatic carbocycles. The molecule has 0 aromatic rings. The number of hydrogen-bond donors (Lipinski definition) is 5. The van der Waals surface area contributed by atoms with Gasteiger partial charge in [-0.25, -0.2) is 4.79 Å². The number of carboxylic acids is 1. The zero-order valence-electron chi connectivity index (χ0n) is 14.5. The van der Waals surface area contributed by atoms with Crippen LogP contribution in [0.25, 0.3) is 0 Å². The summed E-state index contributed by atoms with van der Waals surface area (Å²) in [6.07, 6.45) is 0.177. The van der Waals surface area contributed by atoms with E-state index in [2.05, 4.69) is 10.6 Å². The quantitative estimate of drug-likeness (QED) is 0.333. The lowest BCUT2D eigenvalue weighted by Crippen LogP contribution is -2.53. The van der Waals surface area contributed by atoms with Crippen LogP contribution in [0.3, 0.4) is 0 Å². The third-order valence-corrected chi connectivity index (χ3v) is 4.35. The lowest BCUT2D eigenvalue weighted by Gasteiger charge is -2.21. The van der Waals surface area contributed by atoms with Crippen LogP contribution in [-0.4, -0.2) is 58.7 Å². The molecule has 0 radical (unpaired) electrons. The summed E-state index contributed by atoms with van der Waals surface area (Å²) in [5.41, 5.74) is 5.62. The van der Waals surface area contributed by atoms with Gasteiger partial charge in [-0.2, -0.15) is 0 Å². The Hall–Kier alpha value is -1.44. The van der Waals surface area contributed by atoms with Gasteiger partial charge in [0.15, 0.2) is 7.37 Å². The maximum atomic E-state index is 12.0. The number of carbonyl (C=O) groups is 3. The fourth-order valence-electron chi connectivity index (χ4n) is 1.89. The van der Waals surface area contributed by atoms with Gasteiger partial charge in [-0.15, -0.1) is 0 Å². The molecule has 4 atom stereocenters. The number of nitrogens with two attached hydrogens (primary N) is 1. The van der Waals surface area contributed by atoms with Gasteiger partial charge in [-0.3, -0.25) is 14.2 Å². The van der Waals surface area contributed by atoms with Crippen molar-refractivity contribution >= 4 is 25.2 Å². The van der Waals surface area contributed by atoms with Gasteiger partial charge in [0.2, 0.25) is 11.8 Å². The molecule has 9 nitrogen and oxygen atoms in total.